The molecule has 0 fully saturated rings. The Morgan fingerprint density at radius 1 is 1.25 bits per heavy atom. The minimum atomic E-state index is -0.166. The minimum Gasteiger partial charge on any atom is -0.374 e. The number of carbonyl (C=O) groups excluding carboxylic acids is 1. The zero-order valence-electron chi connectivity index (χ0n) is 10.1. The molecule has 2 rings (SSSR count). The molecule has 0 bridgehead atoms. The zero-order valence-corrected chi connectivity index (χ0v) is 13.4. The molecule has 7 nitrogen and oxygen atoms in total. The number of nitrogens with one attached hydrogen (secondary N) is 1. The van der Waals surface area contributed by atoms with E-state index in [0.29, 0.717) is 14.6 Å². The fourth-order valence-electron chi connectivity index (χ4n) is 1.01. The maximum Gasteiger partial charge on any atom is 0.236 e. The van der Waals surface area contributed by atoms with Crippen molar-refractivity contribution in [2.45, 2.75) is 8.68 Å². The molecule has 2 heterocycles. The van der Waals surface area contributed by atoms with Crippen LogP contribution in [0.5, 0.6) is 0 Å². The van der Waals surface area contributed by atoms with Gasteiger partial charge < -0.3 is 5.73 Å². The van der Waals surface area contributed by atoms with Gasteiger partial charge in [0.25, 0.3) is 0 Å². The number of hydrogen-bond acceptors (Lipinski definition) is 10. The van der Waals surface area contributed by atoms with Crippen molar-refractivity contribution in [3.8, 4) is 0 Å². The number of amides is 1. The van der Waals surface area contributed by atoms with Gasteiger partial charge >= 0.3 is 0 Å². The topological polar surface area (TPSA) is 107 Å². The third-order valence-electron chi connectivity index (χ3n) is 1.73. The summed E-state index contributed by atoms with van der Waals surface area (Å²) in [5, 5.41) is 18.9. The second kappa shape index (κ2) is 7.57. The summed E-state index contributed by atoms with van der Waals surface area (Å²) < 4.78 is 1.46. The van der Waals surface area contributed by atoms with Gasteiger partial charge in [-0.05, 0) is 0 Å². The van der Waals surface area contributed by atoms with E-state index in [1.807, 2.05) is 0 Å². The van der Waals surface area contributed by atoms with Gasteiger partial charge in [0.2, 0.25) is 16.2 Å². The van der Waals surface area contributed by atoms with Crippen LogP contribution in [0.25, 0.3) is 0 Å². The first-order valence-corrected chi connectivity index (χ1v) is 8.86. The lowest BCUT2D eigenvalue weighted by atomic mass is 10.7. The smallest absolute Gasteiger partial charge is 0.236 e. The number of thioether (sulfide) groups is 2. The molecule has 0 aliphatic heterocycles. The highest BCUT2D eigenvalue weighted by Crippen LogP contribution is 2.26. The van der Waals surface area contributed by atoms with Crippen molar-refractivity contribution in [2.75, 3.05) is 22.6 Å². The van der Waals surface area contributed by atoms with E-state index in [0.717, 1.165) is 10.1 Å². The normalized spacial score (nSPS) is 10.4. The quantitative estimate of drug-likeness (QED) is 0.445. The minimum absolute atomic E-state index is 0.166. The maximum absolute atomic E-state index is 11.7. The number of anilines is 2. The Balaban J connectivity index is 1.79. The van der Waals surface area contributed by atoms with Crippen molar-refractivity contribution in [3.05, 3.63) is 12.7 Å². The summed E-state index contributed by atoms with van der Waals surface area (Å²) in [6.45, 7) is 3.63. The van der Waals surface area contributed by atoms with Gasteiger partial charge in [0, 0.05) is 5.75 Å². The van der Waals surface area contributed by atoms with E-state index < -0.39 is 0 Å². The van der Waals surface area contributed by atoms with Crippen molar-refractivity contribution < 1.29 is 4.79 Å². The summed E-state index contributed by atoms with van der Waals surface area (Å²) in [6, 6.07) is 0. The summed E-state index contributed by atoms with van der Waals surface area (Å²) in [5.41, 5.74) is 5.46. The van der Waals surface area contributed by atoms with E-state index in [9.17, 15) is 4.79 Å². The SMILES string of the molecule is C=CCSc1nnc(NC(=O)CSc2nnc(N)s2)s1. The largest absolute Gasteiger partial charge is 0.374 e. The van der Waals surface area contributed by atoms with Crippen LogP contribution in [0, 0.1) is 0 Å². The summed E-state index contributed by atoms with van der Waals surface area (Å²) in [5.74, 6) is 0.820. The Labute approximate surface area is 131 Å². The average Bonchev–Trinajstić information content (AvgIpc) is 3.03. The molecule has 2 aromatic heterocycles. The van der Waals surface area contributed by atoms with Crippen LogP contribution in [-0.4, -0.2) is 37.8 Å². The third kappa shape index (κ3) is 4.74. The molecule has 106 valence electrons. The Hall–Kier alpha value is -1.17. The first kappa shape index (κ1) is 15.2. The first-order valence-electron chi connectivity index (χ1n) is 5.26. The molecule has 0 saturated carbocycles. The van der Waals surface area contributed by atoms with Gasteiger partial charge in [0.15, 0.2) is 8.68 Å². The molecule has 2 aromatic rings. The van der Waals surface area contributed by atoms with E-state index in [4.69, 9.17) is 5.73 Å². The van der Waals surface area contributed by atoms with Crippen LogP contribution in [-0.2, 0) is 4.79 Å². The Morgan fingerprint density at radius 3 is 2.70 bits per heavy atom. The van der Waals surface area contributed by atoms with E-state index in [-0.39, 0.29) is 11.7 Å². The summed E-state index contributed by atoms with van der Waals surface area (Å²) in [4.78, 5) is 11.7. The van der Waals surface area contributed by atoms with Crippen molar-refractivity contribution in [3.63, 3.8) is 0 Å². The van der Waals surface area contributed by atoms with Crippen LogP contribution >= 0.6 is 46.2 Å². The van der Waals surface area contributed by atoms with Crippen LogP contribution in [0.3, 0.4) is 0 Å². The molecule has 1 amide bonds. The van der Waals surface area contributed by atoms with Crippen molar-refractivity contribution in [2.24, 2.45) is 0 Å². The highest BCUT2D eigenvalue weighted by molar-refractivity contribution is 8.01. The lowest BCUT2D eigenvalue weighted by Gasteiger charge is -1.98. The Kier molecular flexibility index (Phi) is 5.76. The van der Waals surface area contributed by atoms with E-state index >= 15 is 0 Å². The summed E-state index contributed by atoms with van der Waals surface area (Å²) >= 11 is 5.38. The zero-order chi connectivity index (χ0) is 14.4. The van der Waals surface area contributed by atoms with Crippen LogP contribution in [0.1, 0.15) is 0 Å². The van der Waals surface area contributed by atoms with E-state index in [1.165, 1.54) is 46.2 Å². The molecule has 0 saturated heterocycles. The van der Waals surface area contributed by atoms with Crippen LogP contribution in [0.4, 0.5) is 10.3 Å². The predicted octanol–water partition coefficient (Wildman–Crippen LogP) is 1.98. The molecule has 0 radical (unpaired) electrons. The van der Waals surface area contributed by atoms with Crippen LogP contribution < -0.4 is 11.1 Å². The fourth-order valence-corrected chi connectivity index (χ4v) is 3.98. The molecule has 0 aliphatic rings. The number of hydrogen-bond donors (Lipinski definition) is 2. The van der Waals surface area contributed by atoms with E-state index in [2.05, 4.69) is 32.3 Å². The Morgan fingerprint density at radius 2 is 2.00 bits per heavy atom. The highest BCUT2D eigenvalue weighted by atomic mass is 32.2. The van der Waals surface area contributed by atoms with Crippen molar-refractivity contribution >= 4 is 62.4 Å². The molecular weight excluding hydrogens is 336 g/mol. The number of nitrogens with zero attached hydrogens (tertiary/aromatic N) is 4. The Bertz CT molecular complexity index is 597. The van der Waals surface area contributed by atoms with Gasteiger partial charge in [-0.25, -0.2) is 0 Å². The molecule has 0 aromatic carbocycles. The standard InChI is InChI=1S/C9H10N6OS4/c1-2-3-17-8-15-13-7(20-8)11-5(16)4-18-9-14-12-6(10)19-9/h2H,1,3-4H2,(H2,10,12)(H,11,13,16). The molecule has 11 heteroatoms. The second-order valence-electron chi connectivity index (χ2n) is 3.22. The molecule has 0 atom stereocenters. The van der Waals surface area contributed by atoms with Gasteiger partial charge in [0.1, 0.15) is 0 Å². The number of aromatic nitrogens is 4. The highest BCUT2D eigenvalue weighted by Gasteiger charge is 2.10. The number of rotatable bonds is 7. The lowest BCUT2D eigenvalue weighted by Crippen LogP contribution is -2.13. The summed E-state index contributed by atoms with van der Waals surface area (Å²) in [6.07, 6.45) is 1.79. The summed E-state index contributed by atoms with van der Waals surface area (Å²) in [7, 11) is 0. The van der Waals surface area contributed by atoms with E-state index in [1.54, 1.807) is 6.08 Å². The number of carbonyl (C=O) groups is 1. The monoisotopic (exact) mass is 346 g/mol. The molecule has 0 aliphatic carbocycles. The molecule has 0 spiro atoms. The van der Waals surface area contributed by atoms with Crippen molar-refractivity contribution in [1.29, 1.82) is 0 Å². The lowest BCUT2D eigenvalue weighted by molar-refractivity contribution is -0.113. The third-order valence-corrected chi connectivity index (χ3v) is 5.58. The average molecular weight is 346 g/mol. The van der Waals surface area contributed by atoms with Crippen LogP contribution in [0.2, 0.25) is 0 Å². The second-order valence-corrected chi connectivity index (χ2v) is 7.69. The van der Waals surface area contributed by atoms with Gasteiger partial charge in [-0.2, -0.15) is 0 Å². The van der Waals surface area contributed by atoms with Gasteiger partial charge in [-0.1, -0.05) is 52.3 Å². The first-order chi connectivity index (χ1) is 9.67. The maximum atomic E-state index is 11.7. The molecule has 3 N–H and O–H groups in total. The number of nitrogens with two attached hydrogens (primary N) is 1. The molecule has 20 heavy (non-hydrogen) atoms. The van der Waals surface area contributed by atoms with Gasteiger partial charge in [-0.15, -0.1) is 27.0 Å². The predicted molar refractivity (Wildman–Crippen MR) is 84.5 cm³/mol. The number of nitrogen functional groups attached to an aromatic ring is 1. The molecule has 0 unspecified atom stereocenters. The van der Waals surface area contributed by atoms with Crippen LogP contribution in [0.15, 0.2) is 21.3 Å². The fraction of sp³-hybridized carbons (Fsp3) is 0.222. The van der Waals surface area contributed by atoms with Crippen molar-refractivity contribution in [1.82, 2.24) is 20.4 Å². The van der Waals surface area contributed by atoms with Gasteiger partial charge in [-0.3, -0.25) is 10.1 Å². The molecular formula is C9H10N6OS4. The van der Waals surface area contributed by atoms with Gasteiger partial charge in [0.05, 0.1) is 5.75 Å².